The average Bonchev–Trinajstić information content (AvgIpc) is 3.52. The molecule has 1 saturated carbocycles. The maximum atomic E-state index is 12.6. The van der Waals surface area contributed by atoms with Crippen molar-refractivity contribution in [3.8, 4) is 11.5 Å². The summed E-state index contributed by atoms with van der Waals surface area (Å²) in [6.45, 7) is -1.45. The Balaban J connectivity index is 1.50. The van der Waals surface area contributed by atoms with Gasteiger partial charge in [0.05, 0.1) is 7.11 Å². The van der Waals surface area contributed by atoms with E-state index >= 15 is 0 Å². The van der Waals surface area contributed by atoms with Crippen LogP contribution in [0.3, 0.4) is 0 Å². The van der Waals surface area contributed by atoms with Crippen LogP contribution in [0.4, 0.5) is 8.78 Å². The Labute approximate surface area is 170 Å². The first-order valence-electron chi connectivity index (χ1n) is 9.68. The number of hydrogen-bond acceptors (Lipinski definition) is 3. The largest absolute Gasteiger partial charge is 0.493 e. The molecule has 0 atom stereocenters. The standard InChI is InChI=1S/C22H27F2N3O2/c1-25-21(27-15-22(11-12-22)17-6-4-3-5-7-17)26-13-10-16-8-9-18(28-2)19(14-16)29-20(23)24/h3-9,14,20H,10-13,15H2,1-2H3,(H2,25,26,27). The van der Waals surface area contributed by atoms with Gasteiger partial charge in [-0.2, -0.15) is 8.78 Å². The van der Waals surface area contributed by atoms with E-state index in [4.69, 9.17) is 4.74 Å². The van der Waals surface area contributed by atoms with Gasteiger partial charge in [-0.1, -0.05) is 36.4 Å². The van der Waals surface area contributed by atoms with Crippen LogP contribution in [0.1, 0.15) is 24.0 Å². The third-order valence-corrected chi connectivity index (χ3v) is 5.21. The third-order valence-electron chi connectivity index (χ3n) is 5.21. The van der Waals surface area contributed by atoms with Gasteiger partial charge in [-0.25, -0.2) is 0 Å². The second-order valence-electron chi connectivity index (χ2n) is 7.11. The van der Waals surface area contributed by atoms with E-state index in [1.807, 2.05) is 12.1 Å². The van der Waals surface area contributed by atoms with Crippen molar-refractivity contribution >= 4 is 5.96 Å². The van der Waals surface area contributed by atoms with Crippen molar-refractivity contribution in [3.63, 3.8) is 0 Å². The summed E-state index contributed by atoms with van der Waals surface area (Å²) in [6, 6.07) is 15.6. The number of alkyl halides is 2. The number of ether oxygens (including phenoxy) is 2. The molecule has 2 N–H and O–H groups in total. The van der Waals surface area contributed by atoms with Crippen LogP contribution in [-0.2, 0) is 11.8 Å². The molecule has 0 bridgehead atoms. The highest BCUT2D eigenvalue weighted by Gasteiger charge is 2.43. The fourth-order valence-electron chi connectivity index (χ4n) is 3.37. The van der Waals surface area contributed by atoms with Gasteiger partial charge in [0.2, 0.25) is 0 Å². The Morgan fingerprint density at radius 3 is 2.48 bits per heavy atom. The van der Waals surface area contributed by atoms with Crippen LogP contribution >= 0.6 is 0 Å². The van der Waals surface area contributed by atoms with Gasteiger partial charge in [-0.05, 0) is 42.5 Å². The van der Waals surface area contributed by atoms with Crippen LogP contribution in [0.15, 0.2) is 53.5 Å². The second kappa shape index (κ2) is 9.58. The van der Waals surface area contributed by atoms with E-state index in [1.54, 1.807) is 19.2 Å². The maximum absolute atomic E-state index is 12.6. The van der Waals surface area contributed by atoms with E-state index < -0.39 is 6.61 Å². The predicted octanol–water partition coefficient (Wildman–Crippen LogP) is 3.74. The number of hydrogen-bond donors (Lipinski definition) is 2. The number of benzene rings is 2. The summed E-state index contributed by atoms with van der Waals surface area (Å²) in [5, 5.41) is 6.68. The summed E-state index contributed by atoms with van der Waals surface area (Å²) >= 11 is 0. The van der Waals surface area contributed by atoms with Crippen LogP contribution in [0.5, 0.6) is 11.5 Å². The minimum absolute atomic E-state index is 0.0426. The van der Waals surface area contributed by atoms with Gasteiger partial charge in [-0.15, -0.1) is 0 Å². The highest BCUT2D eigenvalue weighted by molar-refractivity contribution is 5.79. The lowest BCUT2D eigenvalue weighted by molar-refractivity contribution is -0.0512. The zero-order valence-electron chi connectivity index (χ0n) is 16.8. The number of guanidine groups is 1. The molecule has 156 valence electrons. The lowest BCUT2D eigenvalue weighted by Gasteiger charge is -2.19. The lowest BCUT2D eigenvalue weighted by Crippen LogP contribution is -2.41. The Morgan fingerprint density at radius 1 is 1.10 bits per heavy atom. The number of halogens is 2. The number of aliphatic imine (C=N–C) groups is 1. The Hall–Kier alpha value is -2.83. The minimum Gasteiger partial charge on any atom is -0.493 e. The van der Waals surface area contributed by atoms with Crippen LogP contribution in [-0.4, -0.2) is 39.8 Å². The molecular formula is C22H27F2N3O2. The normalized spacial score (nSPS) is 15.1. The summed E-state index contributed by atoms with van der Waals surface area (Å²) in [4.78, 5) is 4.28. The summed E-state index contributed by atoms with van der Waals surface area (Å²) in [6.07, 6.45) is 2.97. The van der Waals surface area contributed by atoms with E-state index in [0.29, 0.717) is 13.0 Å². The van der Waals surface area contributed by atoms with Crippen LogP contribution < -0.4 is 20.1 Å². The molecule has 3 rings (SSSR count). The molecular weight excluding hydrogens is 376 g/mol. The first-order chi connectivity index (χ1) is 14.1. The van der Waals surface area contributed by atoms with Crippen molar-refractivity contribution < 1.29 is 18.3 Å². The zero-order chi connectivity index (χ0) is 20.7. The summed E-state index contributed by atoms with van der Waals surface area (Å²) in [5.74, 6) is 1.06. The molecule has 7 heteroatoms. The summed E-state index contributed by atoms with van der Waals surface area (Å²) < 4.78 is 34.7. The Kier molecular flexibility index (Phi) is 6.90. The van der Waals surface area contributed by atoms with Crippen LogP contribution in [0.25, 0.3) is 0 Å². The second-order valence-corrected chi connectivity index (χ2v) is 7.11. The van der Waals surface area contributed by atoms with Crippen molar-refractivity contribution in [2.75, 3.05) is 27.2 Å². The van der Waals surface area contributed by atoms with E-state index in [-0.39, 0.29) is 16.9 Å². The molecule has 0 aromatic heterocycles. The highest BCUT2D eigenvalue weighted by atomic mass is 19.3. The molecule has 0 radical (unpaired) electrons. The smallest absolute Gasteiger partial charge is 0.387 e. The molecule has 29 heavy (non-hydrogen) atoms. The number of nitrogens with zero attached hydrogens (tertiary/aromatic N) is 1. The van der Waals surface area contributed by atoms with Crippen molar-refractivity contribution in [1.82, 2.24) is 10.6 Å². The zero-order valence-corrected chi connectivity index (χ0v) is 16.8. The SMILES string of the molecule is CN=C(NCCc1ccc(OC)c(OC(F)F)c1)NCC1(c2ccccc2)CC1. The van der Waals surface area contributed by atoms with E-state index in [1.165, 1.54) is 25.5 Å². The molecule has 2 aromatic rings. The molecule has 1 fully saturated rings. The van der Waals surface area contributed by atoms with Crippen LogP contribution in [0.2, 0.25) is 0 Å². The monoisotopic (exact) mass is 403 g/mol. The fraction of sp³-hybridized carbons (Fsp3) is 0.409. The highest BCUT2D eigenvalue weighted by Crippen LogP contribution is 2.47. The van der Waals surface area contributed by atoms with Crippen molar-refractivity contribution in [1.29, 1.82) is 0 Å². The molecule has 0 unspecified atom stereocenters. The molecule has 0 saturated heterocycles. The van der Waals surface area contributed by atoms with Crippen molar-refractivity contribution in [2.45, 2.75) is 31.3 Å². The molecule has 1 aliphatic rings. The third kappa shape index (κ3) is 5.59. The van der Waals surface area contributed by atoms with Gasteiger partial charge in [0.15, 0.2) is 17.5 Å². The minimum atomic E-state index is -2.89. The maximum Gasteiger partial charge on any atom is 0.387 e. The number of methoxy groups -OCH3 is 1. The first-order valence-corrected chi connectivity index (χ1v) is 9.68. The van der Waals surface area contributed by atoms with E-state index in [2.05, 4.69) is 44.6 Å². The lowest BCUT2D eigenvalue weighted by atomic mass is 9.96. The molecule has 0 heterocycles. The topological polar surface area (TPSA) is 54.9 Å². The number of nitrogens with one attached hydrogen (secondary N) is 2. The molecule has 2 aromatic carbocycles. The van der Waals surface area contributed by atoms with Gasteiger partial charge in [-0.3, -0.25) is 4.99 Å². The summed E-state index contributed by atoms with van der Waals surface area (Å²) in [5.41, 5.74) is 2.41. The first kappa shape index (κ1) is 20.9. The predicted molar refractivity (Wildman–Crippen MR) is 110 cm³/mol. The van der Waals surface area contributed by atoms with Crippen molar-refractivity contribution in [3.05, 3.63) is 59.7 Å². The average molecular weight is 403 g/mol. The molecule has 5 nitrogen and oxygen atoms in total. The molecule has 1 aliphatic carbocycles. The molecule has 0 spiro atoms. The van der Waals surface area contributed by atoms with E-state index in [0.717, 1.165) is 18.1 Å². The number of rotatable bonds is 9. The Bertz CT molecular complexity index is 824. The van der Waals surface area contributed by atoms with Crippen LogP contribution in [0, 0.1) is 0 Å². The van der Waals surface area contributed by atoms with Crippen molar-refractivity contribution in [2.24, 2.45) is 4.99 Å². The fourth-order valence-corrected chi connectivity index (χ4v) is 3.37. The Morgan fingerprint density at radius 2 is 1.86 bits per heavy atom. The summed E-state index contributed by atoms with van der Waals surface area (Å²) in [7, 11) is 3.16. The molecule has 0 amide bonds. The van der Waals surface area contributed by atoms with Gasteiger partial charge >= 0.3 is 6.61 Å². The molecule has 0 aliphatic heterocycles. The van der Waals surface area contributed by atoms with E-state index in [9.17, 15) is 8.78 Å². The van der Waals surface area contributed by atoms with Gasteiger partial charge < -0.3 is 20.1 Å². The van der Waals surface area contributed by atoms with Gasteiger partial charge in [0.1, 0.15) is 0 Å². The van der Waals surface area contributed by atoms with Gasteiger partial charge in [0.25, 0.3) is 0 Å². The quantitative estimate of drug-likeness (QED) is 0.495. The van der Waals surface area contributed by atoms with Gasteiger partial charge in [0, 0.05) is 25.6 Å².